The molecule has 0 aliphatic carbocycles. The molecule has 0 amide bonds. The molecule has 26 heavy (non-hydrogen) atoms. The van der Waals surface area contributed by atoms with Crippen LogP contribution in [0.1, 0.15) is 4.88 Å². The van der Waals surface area contributed by atoms with Gasteiger partial charge in [-0.1, -0.05) is 0 Å². The van der Waals surface area contributed by atoms with Crippen molar-refractivity contribution in [3.05, 3.63) is 52.0 Å². The summed E-state index contributed by atoms with van der Waals surface area (Å²) >= 11 is 3.36. The Labute approximate surface area is 160 Å². The molecule has 0 saturated heterocycles. The minimum Gasteiger partial charge on any atom is -0.486 e. The molecule has 0 saturated carbocycles. The second kappa shape index (κ2) is 7.40. The molecule has 0 bridgehead atoms. The van der Waals surface area contributed by atoms with E-state index in [0.29, 0.717) is 37.7 Å². The molecule has 0 fully saturated rings. The van der Waals surface area contributed by atoms with Gasteiger partial charge >= 0.3 is 0 Å². The number of fused-ring (bicyclic) bond motifs is 1. The van der Waals surface area contributed by atoms with Crippen LogP contribution >= 0.6 is 22.7 Å². The molecule has 0 spiro atoms. The van der Waals surface area contributed by atoms with E-state index in [0.717, 1.165) is 4.88 Å². The van der Waals surface area contributed by atoms with Gasteiger partial charge in [-0.25, -0.2) is 13.1 Å². The molecule has 3 heterocycles. The lowest BCUT2D eigenvalue weighted by Gasteiger charge is -2.18. The van der Waals surface area contributed by atoms with Gasteiger partial charge in [-0.05, 0) is 47.5 Å². The Bertz CT molecular complexity index is 993. The quantitative estimate of drug-likeness (QED) is 0.676. The summed E-state index contributed by atoms with van der Waals surface area (Å²) in [5.74, 6) is 1.05. The summed E-state index contributed by atoms with van der Waals surface area (Å²) in [6.45, 7) is 1.25. The van der Waals surface area contributed by atoms with Gasteiger partial charge in [-0.3, -0.25) is 0 Å². The maximum absolute atomic E-state index is 12.5. The van der Waals surface area contributed by atoms with E-state index in [1.807, 2.05) is 0 Å². The van der Waals surface area contributed by atoms with Crippen LogP contribution in [0.4, 0.5) is 0 Å². The second-order valence-electron chi connectivity index (χ2n) is 5.73. The van der Waals surface area contributed by atoms with Gasteiger partial charge in [0.1, 0.15) is 13.2 Å². The molecule has 0 unspecified atom stereocenters. The minimum atomic E-state index is -3.58. The Morgan fingerprint density at radius 2 is 1.88 bits per heavy atom. The first-order chi connectivity index (χ1) is 12.6. The molecular formula is C18H17NO4S3. The van der Waals surface area contributed by atoms with Gasteiger partial charge in [0.25, 0.3) is 0 Å². The number of ether oxygens (including phenoxy) is 2. The molecule has 5 nitrogen and oxygen atoms in total. The SMILES string of the molecule is O=S(=O)(NCCc1ccc(-c2ccsc2)s1)c1ccc2c(c1)OCCO2. The molecule has 1 N–H and O–H groups in total. The number of rotatable bonds is 6. The predicted molar refractivity (Wildman–Crippen MR) is 104 cm³/mol. The van der Waals surface area contributed by atoms with Crippen molar-refractivity contribution in [2.75, 3.05) is 19.8 Å². The molecule has 1 aliphatic rings. The van der Waals surface area contributed by atoms with E-state index < -0.39 is 10.0 Å². The maximum atomic E-state index is 12.5. The Hall–Kier alpha value is -1.87. The molecule has 2 aromatic heterocycles. The summed E-state index contributed by atoms with van der Waals surface area (Å²) in [4.78, 5) is 2.54. The van der Waals surface area contributed by atoms with E-state index in [1.165, 1.54) is 22.6 Å². The van der Waals surface area contributed by atoms with Gasteiger partial charge in [0, 0.05) is 27.9 Å². The van der Waals surface area contributed by atoms with Crippen LogP contribution in [0, 0.1) is 0 Å². The molecule has 8 heteroatoms. The summed E-state index contributed by atoms with van der Waals surface area (Å²) in [5.41, 5.74) is 1.21. The van der Waals surface area contributed by atoms with E-state index in [-0.39, 0.29) is 4.90 Å². The number of thiophene rings is 2. The average Bonchev–Trinajstić information content (AvgIpc) is 3.32. The monoisotopic (exact) mass is 407 g/mol. The first-order valence-electron chi connectivity index (χ1n) is 8.12. The topological polar surface area (TPSA) is 64.6 Å². The lowest BCUT2D eigenvalue weighted by molar-refractivity contribution is 0.171. The molecule has 4 rings (SSSR count). The lowest BCUT2D eigenvalue weighted by atomic mass is 10.3. The lowest BCUT2D eigenvalue weighted by Crippen LogP contribution is -2.26. The fourth-order valence-electron chi connectivity index (χ4n) is 2.65. The Balaban J connectivity index is 1.39. The zero-order chi connectivity index (χ0) is 18.0. The summed E-state index contributed by atoms with van der Waals surface area (Å²) < 4.78 is 38.5. The second-order valence-corrected chi connectivity index (χ2v) is 9.45. The molecular weight excluding hydrogens is 390 g/mol. The van der Waals surface area contributed by atoms with Crippen LogP contribution in [-0.4, -0.2) is 28.2 Å². The highest BCUT2D eigenvalue weighted by molar-refractivity contribution is 7.89. The van der Waals surface area contributed by atoms with E-state index in [4.69, 9.17) is 9.47 Å². The Morgan fingerprint density at radius 1 is 1.04 bits per heavy atom. The standard InChI is InChI=1S/C18H17NO4S3/c20-26(21,15-2-3-16-17(11-15)23-9-8-22-16)19-7-5-14-1-4-18(25-14)13-6-10-24-12-13/h1-4,6,10-12,19H,5,7-9H2. The Kier molecular flexibility index (Phi) is 4.99. The third kappa shape index (κ3) is 3.78. The van der Waals surface area contributed by atoms with Gasteiger partial charge in [-0.15, -0.1) is 11.3 Å². The van der Waals surface area contributed by atoms with Crippen LogP contribution in [0.5, 0.6) is 11.5 Å². The largest absolute Gasteiger partial charge is 0.486 e. The predicted octanol–water partition coefficient (Wildman–Crippen LogP) is 3.77. The van der Waals surface area contributed by atoms with Crippen LogP contribution in [-0.2, 0) is 16.4 Å². The van der Waals surface area contributed by atoms with Crippen LogP contribution < -0.4 is 14.2 Å². The molecule has 0 radical (unpaired) electrons. The van der Waals surface area contributed by atoms with E-state index in [9.17, 15) is 8.42 Å². The van der Waals surface area contributed by atoms with Crippen molar-refractivity contribution in [3.63, 3.8) is 0 Å². The fourth-order valence-corrected chi connectivity index (χ4v) is 5.44. The van der Waals surface area contributed by atoms with Crippen LogP contribution in [0.15, 0.2) is 52.1 Å². The summed E-state index contributed by atoms with van der Waals surface area (Å²) in [6.07, 6.45) is 0.651. The van der Waals surface area contributed by atoms with E-state index in [1.54, 1.807) is 28.7 Å². The normalized spacial score (nSPS) is 13.7. The van der Waals surface area contributed by atoms with Crippen LogP contribution in [0.2, 0.25) is 0 Å². The number of benzene rings is 1. The smallest absolute Gasteiger partial charge is 0.240 e. The van der Waals surface area contributed by atoms with E-state index >= 15 is 0 Å². The van der Waals surface area contributed by atoms with Gasteiger partial charge in [-0.2, -0.15) is 11.3 Å². The summed E-state index contributed by atoms with van der Waals surface area (Å²) in [6, 6.07) is 10.9. The number of sulfonamides is 1. The average molecular weight is 408 g/mol. The first-order valence-corrected chi connectivity index (χ1v) is 11.4. The molecule has 1 aromatic carbocycles. The van der Waals surface area contributed by atoms with Crippen molar-refractivity contribution in [2.24, 2.45) is 0 Å². The highest BCUT2D eigenvalue weighted by Crippen LogP contribution is 2.32. The van der Waals surface area contributed by atoms with Gasteiger partial charge in [0.15, 0.2) is 11.5 Å². The maximum Gasteiger partial charge on any atom is 0.240 e. The molecule has 0 atom stereocenters. The number of hydrogen-bond acceptors (Lipinski definition) is 6. The highest BCUT2D eigenvalue weighted by atomic mass is 32.2. The van der Waals surface area contributed by atoms with Crippen molar-refractivity contribution in [2.45, 2.75) is 11.3 Å². The van der Waals surface area contributed by atoms with Crippen LogP contribution in [0.3, 0.4) is 0 Å². The van der Waals surface area contributed by atoms with Gasteiger partial charge in [0.05, 0.1) is 4.90 Å². The third-order valence-corrected chi connectivity index (χ3v) is 7.29. The Morgan fingerprint density at radius 3 is 2.69 bits per heavy atom. The zero-order valence-electron chi connectivity index (χ0n) is 13.8. The van der Waals surface area contributed by atoms with Crippen LogP contribution in [0.25, 0.3) is 10.4 Å². The van der Waals surface area contributed by atoms with Gasteiger partial charge in [0.2, 0.25) is 10.0 Å². The molecule has 136 valence electrons. The van der Waals surface area contributed by atoms with Crippen molar-refractivity contribution in [1.29, 1.82) is 0 Å². The summed E-state index contributed by atoms with van der Waals surface area (Å²) in [5, 5.41) is 4.16. The zero-order valence-corrected chi connectivity index (χ0v) is 16.3. The van der Waals surface area contributed by atoms with Gasteiger partial charge < -0.3 is 9.47 Å². The minimum absolute atomic E-state index is 0.187. The van der Waals surface area contributed by atoms with Crippen molar-refractivity contribution in [1.82, 2.24) is 4.72 Å². The van der Waals surface area contributed by atoms with E-state index in [2.05, 4.69) is 33.7 Å². The summed E-state index contributed by atoms with van der Waals surface area (Å²) in [7, 11) is -3.58. The van der Waals surface area contributed by atoms with Crippen molar-refractivity contribution >= 4 is 32.7 Å². The number of hydrogen-bond donors (Lipinski definition) is 1. The first kappa shape index (κ1) is 17.5. The van der Waals surface area contributed by atoms with Crippen molar-refractivity contribution in [3.8, 4) is 21.9 Å². The van der Waals surface area contributed by atoms with Crippen molar-refractivity contribution < 1.29 is 17.9 Å². The molecule has 1 aliphatic heterocycles. The number of nitrogens with one attached hydrogen (secondary N) is 1. The third-order valence-electron chi connectivity index (χ3n) is 3.95. The highest BCUT2D eigenvalue weighted by Gasteiger charge is 2.19. The molecule has 3 aromatic rings. The fraction of sp³-hybridized carbons (Fsp3) is 0.222.